The summed E-state index contributed by atoms with van der Waals surface area (Å²) in [6.45, 7) is 0.473. The molecule has 2 aromatic carbocycles. The second-order valence-corrected chi connectivity index (χ2v) is 6.48. The van der Waals surface area contributed by atoms with Gasteiger partial charge in [-0.1, -0.05) is 42.5 Å². The lowest BCUT2D eigenvalue weighted by Crippen LogP contribution is -2.48. The third-order valence-electron chi connectivity index (χ3n) is 4.37. The zero-order valence-corrected chi connectivity index (χ0v) is 15.1. The molecule has 0 saturated heterocycles. The minimum absolute atomic E-state index is 0.146. The predicted molar refractivity (Wildman–Crippen MR) is 103 cm³/mol. The van der Waals surface area contributed by atoms with Crippen LogP contribution < -0.4 is 5.32 Å². The van der Waals surface area contributed by atoms with Crippen LogP contribution in [0.25, 0.3) is 11.0 Å². The predicted octanol–water partition coefficient (Wildman–Crippen LogP) is 1.86. The first-order chi connectivity index (χ1) is 13.1. The van der Waals surface area contributed by atoms with Crippen LogP contribution in [0.2, 0.25) is 0 Å². The molecule has 6 nitrogen and oxygen atoms in total. The topological polar surface area (TPSA) is 91.9 Å². The Labute approximate surface area is 157 Å². The van der Waals surface area contributed by atoms with Gasteiger partial charge in [-0.2, -0.15) is 0 Å². The number of nitrogens with one attached hydrogen (secondary N) is 1. The van der Waals surface area contributed by atoms with Crippen LogP contribution >= 0.6 is 0 Å². The number of hydrogen-bond donors (Lipinski definition) is 3. The van der Waals surface area contributed by atoms with Gasteiger partial charge in [-0.25, -0.2) is 0 Å². The number of fused-ring (bicyclic) bond motifs is 1. The van der Waals surface area contributed by atoms with E-state index in [1.54, 1.807) is 13.4 Å². The Morgan fingerprint density at radius 2 is 1.96 bits per heavy atom. The Hall–Kier alpha value is -2.61. The van der Waals surface area contributed by atoms with Crippen molar-refractivity contribution < 1.29 is 24.0 Å². The molecular weight excluding hydrogens is 345 g/mol. The Bertz CT molecular complexity index is 908. The molecule has 0 fully saturated rings. The van der Waals surface area contributed by atoms with Gasteiger partial charge in [0.2, 0.25) is 5.91 Å². The normalized spacial score (nSPS) is 12.1. The van der Waals surface area contributed by atoms with Crippen molar-refractivity contribution in [1.29, 1.82) is 0 Å². The van der Waals surface area contributed by atoms with Gasteiger partial charge < -0.3 is 24.5 Å². The molecule has 0 aliphatic carbocycles. The number of carbonyl (C=O) groups excluding carboxylic acids is 1. The summed E-state index contributed by atoms with van der Waals surface area (Å²) in [5, 5.41) is 23.0. The molecule has 1 heterocycles. The summed E-state index contributed by atoms with van der Waals surface area (Å²) in [5.41, 5.74) is 3.35. The minimum Gasteiger partial charge on any atom is -0.464 e. The average Bonchev–Trinajstić information content (AvgIpc) is 3.05. The number of ether oxygens (including phenoxy) is 1. The van der Waals surface area contributed by atoms with E-state index < -0.39 is 13.1 Å². The third-order valence-corrected chi connectivity index (χ3v) is 4.37. The van der Waals surface area contributed by atoms with E-state index in [1.165, 1.54) is 0 Å². The number of amides is 1. The number of hydrogen-bond acceptors (Lipinski definition) is 5. The van der Waals surface area contributed by atoms with Crippen LogP contribution in [0.3, 0.4) is 0 Å². The summed E-state index contributed by atoms with van der Waals surface area (Å²) >= 11 is 0. The Kier molecular flexibility index (Phi) is 6.29. The lowest BCUT2D eigenvalue weighted by Gasteiger charge is -2.17. The zero-order chi connectivity index (χ0) is 19.2. The molecule has 27 heavy (non-hydrogen) atoms. The van der Waals surface area contributed by atoms with Crippen molar-refractivity contribution in [3.63, 3.8) is 0 Å². The van der Waals surface area contributed by atoms with Crippen LogP contribution in [0.1, 0.15) is 16.7 Å². The van der Waals surface area contributed by atoms with Gasteiger partial charge in [-0.05, 0) is 29.2 Å². The smallest absolute Gasteiger partial charge is 0.464 e. The maximum Gasteiger partial charge on any atom is 0.475 e. The Morgan fingerprint density at radius 1 is 1.19 bits per heavy atom. The zero-order valence-electron chi connectivity index (χ0n) is 15.1. The van der Waals surface area contributed by atoms with E-state index in [2.05, 4.69) is 5.32 Å². The Balaban J connectivity index is 1.67. The van der Waals surface area contributed by atoms with Crippen molar-refractivity contribution in [2.24, 2.45) is 0 Å². The highest BCUT2D eigenvalue weighted by molar-refractivity contribution is 6.43. The monoisotopic (exact) mass is 367 g/mol. The fourth-order valence-corrected chi connectivity index (χ4v) is 3.10. The first kappa shape index (κ1) is 19.2. The van der Waals surface area contributed by atoms with Crippen LogP contribution in [-0.4, -0.2) is 36.1 Å². The molecule has 3 N–H and O–H groups in total. The molecule has 0 radical (unpaired) electrons. The minimum atomic E-state index is -1.68. The van der Waals surface area contributed by atoms with Crippen molar-refractivity contribution in [1.82, 2.24) is 5.32 Å². The molecule has 0 saturated carbocycles. The van der Waals surface area contributed by atoms with E-state index >= 15 is 0 Å². The van der Waals surface area contributed by atoms with E-state index in [0.29, 0.717) is 6.61 Å². The fourth-order valence-electron chi connectivity index (χ4n) is 3.10. The number of methoxy groups -OCH3 is 1. The van der Waals surface area contributed by atoms with Crippen LogP contribution in [0, 0.1) is 0 Å². The molecule has 1 amide bonds. The van der Waals surface area contributed by atoms with Gasteiger partial charge in [0.15, 0.2) is 0 Å². The molecule has 3 rings (SSSR count). The van der Waals surface area contributed by atoms with Crippen molar-refractivity contribution in [3.05, 3.63) is 71.5 Å². The highest BCUT2D eigenvalue weighted by Crippen LogP contribution is 2.22. The molecule has 0 spiro atoms. The summed E-state index contributed by atoms with van der Waals surface area (Å²) in [6.07, 6.45) is 1.98. The van der Waals surface area contributed by atoms with Gasteiger partial charge >= 0.3 is 7.12 Å². The van der Waals surface area contributed by atoms with Gasteiger partial charge in [-0.3, -0.25) is 4.79 Å². The molecule has 7 heteroatoms. The standard InChI is InChI=1S/C20H22BNO5/c1-26-12-15-6-4-5-14(9-15)10-20(23)22-19(21(24)25)11-16-13-27-18-8-3-2-7-17(16)18/h2-9,13,19,24-25H,10-12H2,1H3,(H,22,23)/t19-/m0/s1. The molecule has 140 valence electrons. The molecule has 3 aromatic rings. The molecule has 1 atom stereocenters. The molecule has 0 unspecified atom stereocenters. The van der Waals surface area contributed by atoms with Crippen LogP contribution in [-0.2, 0) is 29.0 Å². The van der Waals surface area contributed by atoms with E-state index in [-0.39, 0.29) is 18.7 Å². The maximum atomic E-state index is 12.4. The van der Waals surface area contributed by atoms with Gasteiger partial charge in [0.25, 0.3) is 0 Å². The number of rotatable bonds is 8. The summed E-state index contributed by atoms with van der Waals surface area (Å²) in [6, 6.07) is 15.0. The third kappa shape index (κ3) is 4.98. The maximum absolute atomic E-state index is 12.4. The van der Waals surface area contributed by atoms with E-state index in [0.717, 1.165) is 27.7 Å². The van der Waals surface area contributed by atoms with Crippen LogP contribution in [0.5, 0.6) is 0 Å². The van der Waals surface area contributed by atoms with Crippen molar-refractivity contribution >= 4 is 24.0 Å². The quantitative estimate of drug-likeness (QED) is 0.529. The van der Waals surface area contributed by atoms with Gasteiger partial charge in [-0.15, -0.1) is 0 Å². The lowest BCUT2D eigenvalue weighted by atomic mass is 9.75. The van der Waals surface area contributed by atoms with E-state index in [4.69, 9.17) is 9.15 Å². The number of benzene rings is 2. The van der Waals surface area contributed by atoms with Gasteiger partial charge in [0, 0.05) is 12.5 Å². The second-order valence-electron chi connectivity index (χ2n) is 6.48. The lowest BCUT2D eigenvalue weighted by molar-refractivity contribution is -0.120. The average molecular weight is 367 g/mol. The van der Waals surface area contributed by atoms with Gasteiger partial charge in [0.1, 0.15) is 5.58 Å². The summed E-state index contributed by atoms with van der Waals surface area (Å²) in [5.74, 6) is -1.11. The molecule has 0 bridgehead atoms. The highest BCUT2D eigenvalue weighted by Gasteiger charge is 2.27. The molecular formula is C20H22BNO5. The van der Waals surface area contributed by atoms with Crippen LogP contribution in [0.15, 0.2) is 59.2 Å². The fraction of sp³-hybridized carbons (Fsp3) is 0.250. The molecule has 0 aliphatic rings. The Morgan fingerprint density at radius 3 is 2.74 bits per heavy atom. The largest absolute Gasteiger partial charge is 0.475 e. The molecule has 0 aliphatic heterocycles. The van der Waals surface area contributed by atoms with Crippen molar-refractivity contribution in [3.8, 4) is 0 Å². The second kappa shape index (κ2) is 8.86. The SMILES string of the molecule is COCc1cccc(CC(=O)N[C@@H](Cc2coc3ccccc23)B(O)O)c1. The van der Waals surface area contributed by atoms with E-state index in [1.807, 2.05) is 48.5 Å². The van der Waals surface area contributed by atoms with Crippen molar-refractivity contribution in [2.45, 2.75) is 25.4 Å². The van der Waals surface area contributed by atoms with Gasteiger partial charge in [0.05, 0.1) is 25.2 Å². The number of furan rings is 1. The van der Waals surface area contributed by atoms with Crippen molar-refractivity contribution in [2.75, 3.05) is 7.11 Å². The van der Waals surface area contributed by atoms with Crippen LogP contribution in [0.4, 0.5) is 0 Å². The van der Waals surface area contributed by atoms with E-state index in [9.17, 15) is 14.8 Å². The highest BCUT2D eigenvalue weighted by atomic mass is 16.5. The first-order valence-electron chi connectivity index (χ1n) is 8.74. The summed E-state index contributed by atoms with van der Waals surface area (Å²) < 4.78 is 10.6. The molecule has 1 aromatic heterocycles. The summed E-state index contributed by atoms with van der Waals surface area (Å²) in [7, 11) is -0.0611. The number of para-hydroxylation sites is 1. The first-order valence-corrected chi connectivity index (χ1v) is 8.74. The summed E-state index contributed by atoms with van der Waals surface area (Å²) in [4.78, 5) is 12.4. The number of carbonyl (C=O) groups is 1.